The lowest BCUT2D eigenvalue weighted by Crippen LogP contribution is -2.22. The van der Waals surface area contributed by atoms with Gasteiger partial charge in [-0.2, -0.15) is 0 Å². The number of hydrogen-bond acceptors (Lipinski definition) is 6. The number of nitrogens with zero attached hydrogens (tertiary/aromatic N) is 1. The minimum absolute atomic E-state index is 0.108. The molecule has 1 heterocycles. The summed E-state index contributed by atoms with van der Waals surface area (Å²) in [4.78, 5) is 24.6. The topological polar surface area (TPSA) is 103 Å². The van der Waals surface area contributed by atoms with Crippen LogP contribution in [0.5, 0.6) is 11.5 Å². The van der Waals surface area contributed by atoms with E-state index in [9.17, 15) is 9.59 Å². The molecular weight excluding hydrogens is 434 g/mol. The molecule has 3 aromatic carbocycles. The molecule has 1 aromatic heterocycles. The van der Waals surface area contributed by atoms with Crippen LogP contribution in [0.25, 0.3) is 0 Å². The average Bonchev–Trinajstić information content (AvgIpc) is 3.37. The number of benzene rings is 3. The number of ether oxygens (including phenoxy) is 2. The molecule has 2 N–H and O–H groups in total. The summed E-state index contributed by atoms with van der Waals surface area (Å²) < 4.78 is 16.0. The van der Waals surface area contributed by atoms with E-state index in [-0.39, 0.29) is 24.1 Å². The highest BCUT2D eigenvalue weighted by molar-refractivity contribution is 6.04. The highest BCUT2D eigenvalue weighted by atomic mass is 16.5. The quantitative estimate of drug-likeness (QED) is 0.385. The largest absolute Gasteiger partial charge is 0.497 e. The number of rotatable bonds is 9. The van der Waals surface area contributed by atoms with Crippen LogP contribution in [0.1, 0.15) is 32.2 Å². The molecule has 0 aliphatic heterocycles. The number of anilines is 1. The van der Waals surface area contributed by atoms with Gasteiger partial charge in [-0.1, -0.05) is 35.5 Å². The average molecular weight is 457 g/mol. The van der Waals surface area contributed by atoms with Crippen LogP contribution in [0, 0.1) is 0 Å². The van der Waals surface area contributed by atoms with Crippen LogP contribution in [-0.4, -0.2) is 24.1 Å². The van der Waals surface area contributed by atoms with Gasteiger partial charge in [0.05, 0.1) is 7.11 Å². The van der Waals surface area contributed by atoms with Gasteiger partial charge in [0.1, 0.15) is 18.1 Å². The van der Waals surface area contributed by atoms with Gasteiger partial charge in [0.25, 0.3) is 11.8 Å². The molecule has 0 unspecified atom stereocenters. The Balaban J connectivity index is 1.26. The third-order valence-corrected chi connectivity index (χ3v) is 4.93. The lowest BCUT2D eigenvalue weighted by atomic mass is 10.2. The molecule has 0 aliphatic carbocycles. The van der Waals surface area contributed by atoms with Crippen molar-refractivity contribution >= 4 is 17.5 Å². The van der Waals surface area contributed by atoms with Gasteiger partial charge in [0, 0.05) is 23.9 Å². The molecule has 4 rings (SSSR count). The van der Waals surface area contributed by atoms with Crippen molar-refractivity contribution in [3.63, 3.8) is 0 Å². The van der Waals surface area contributed by atoms with E-state index in [1.54, 1.807) is 61.7 Å². The number of nitrogens with one attached hydrogen (secondary N) is 2. The first-order valence-electron chi connectivity index (χ1n) is 10.6. The normalized spacial score (nSPS) is 10.4. The van der Waals surface area contributed by atoms with Gasteiger partial charge in [-0.05, 0) is 54.1 Å². The maximum absolute atomic E-state index is 12.4. The summed E-state index contributed by atoms with van der Waals surface area (Å²) in [7, 11) is 1.57. The first kappa shape index (κ1) is 22.6. The number of aromatic nitrogens is 1. The first-order chi connectivity index (χ1) is 16.6. The Morgan fingerprint density at radius 1 is 0.882 bits per heavy atom. The summed E-state index contributed by atoms with van der Waals surface area (Å²) in [5.41, 5.74) is 2.33. The van der Waals surface area contributed by atoms with Gasteiger partial charge in [-0.25, -0.2) is 0 Å². The molecule has 8 heteroatoms. The Bertz CT molecular complexity index is 1240. The summed E-state index contributed by atoms with van der Waals surface area (Å²) in [5, 5.41) is 9.43. The Morgan fingerprint density at radius 3 is 2.29 bits per heavy atom. The van der Waals surface area contributed by atoms with Crippen LogP contribution in [0.4, 0.5) is 5.69 Å². The van der Waals surface area contributed by atoms with Gasteiger partial charge in [-0.15, -0.1) is 0 Å². The van der Waals surface area contributed by atoms with E-state index >= 15 is 0 Å². The lowest BCUT2D eigenvalue weighted by Gasteiger charge is -2.08. The predicted octanol–water partition coefficient (Wildman–Crippen LogP) is 4.44. The maximum atomic E-state index is 12.4. The number of carbonyl (C=O) groups is 2. The van der Waals surface area contributed by atoms with Crippen molar-refractivity contribution in [1.29, 1.82) is 0 Å². The maximum Gasteiger partial charge on any atom is 0.273 e. The van der Waals surface area contributed by atoms with Crippen LogP contribution in [0.15, 0.2) is 89.5 Å². The first-order valence-corrected chi connectivity index (χ1v) is 10.6. The van der Waals surface area contributed by atoms with Crippen LogP contribution < -0.4 is 20.1 Å². The molecule has 34 heavy (non-hydrogen) atoms. The van der Waals surface area contributed by atoms with Crippen molar-refractivity contribution < 1.29 is 23.6 Å². The molecule has 0 saturated heterocycles. The standard InChI is InChI=1S/C26H23N3O5/c1-32-21-11-7-19(8-12-21)25(30)28-20-9-13-22(14-10-20)33-17-23-15-24(29-34-23)26(31)27-16-18-5-3-2-4-6-18/h2-15H,16-17H2,1H3,(H,27,31)(H,28,30). The fraction of sp³-hybridized carbons (Fsp3) is 0.115. The Morgan fingerprint density at radius 2 is 1.59 bits per heavy atom. The third kappa shape index (κ3) is 6.01. The smallest absolute Gasteiger partial charge is 0.273 e. The zero-order valence-electron chi connectivity index (χ0n) is 18.5. The summed E-state index contributed by atoms with van der Waals surface area (Å²) in [6.45, 7) is 0.510. The van der Waals surface area contributed by atoms with E-state index < -0.39 is 0 Å². The number of amides is 2. The molecule has 0 atom stereocenters. The Hall–Kier alpha value is -4.59. The molecule has 172 valence electrons. The zero-order chi connectivity index (χ0) is 23.8. The summed E-state index contributed by atoms with van der Waals surface area (Å²) in [6, 6.07) is 24.9. The molecule has 0 radical (unpaired) electrons. The molecule has 8 nitrogen and oxygen atoms in total. The number of methoxy groups -OCH3 is 1. The zero-order valence-corrected chi connectivity index (χ0v) is 18.5. The van der Waals surface area contributed by atoms with E-state index in [0.717, 1.165) is 5.56 Å². The van der Waals surface area contributed by atoms with Gasteiger partial charge in [0.2, 0.25) is 0 Å². The van der Waals surface area contributed by atoms with Gasteiger partial charge in [-0.3, -0.25) is 9.59 Å². The van der Waals surface area contributed by atoms with E-state index in [1.165, 1.54) is 0 Å². The monoisotopic (exact) mass is 457 g/mol. The molecule has 4 aromatic rings. The summed E-state index contributed by atoms with van der Waals surface area (Å²) in [6.07, 6.45) is 0. The minimum atomic E-state index is -0.323. The van der Waals surface area contributed by atoms with Crippen molar-refractivity contribution in [2.24, 2.45) is 0 Å². The fourth-order valence-electron chi connectivity index (χ4n) is 3.09. The van der Waals surface area contributed by atoms with Crippen molar-refractivity contribution in [2.75, 3.05) is 12.4 Å². The molecule has 0 fully saturated rings. The van der Waals surface area contributed by atoms with Crippen molar-refractivity contribution in [1.82, 2.24) is 10.5 Å². The van der Waals surface area contributed by atoms with Crippen LogP contribution in [0.2, 0.25) is 0 Å². The highest BCUT2D eigenvalue weighted by Crippen LogP contribution is 2.19. The van der Waals surface area contributed by atoms with E-state index in [2.05, 4.69) is 15.8 Å². The Kier molecular flexibility index (Phi) is 7.19. The van der Waals surface area contributed by atoms with E-state index in [4.69, 9.17) is 14.0 Å². The second-order valence-electron chi connectivity index (χ2n) is 7.34. The van der Waals surface area contributed by atoms with Gasteiger partial charge >= 0.3 is 0 Å². The number of carbonyl (C=O) groups excluding carboxylic acids is 2. The van der Waals surface area contributed by atoms with Gasteiger partial charge < -0.3 is 24.6 Å². The Labute approximate surface area is 196 Å². The molecule has 0 spiro atoms. The van der Waals surface area contributed by atoms with Crippen molar-refractivity contribution in [3.05, 3.63) is 108 Å². The molecule has 0 aliphatic rings. The van der Waals surface area contributed by atoms with Crippen LogP contribution in [0.3, 0.4) is 0 Å². The summed E-state index contributed by atoms with van der Waals surface area (Å²) in [5.74, 6) is 1.13. The predicted molar refractivity (Wildman–Crippen MR) is 126 cm³/mol. The summed E-state index contributed by atoms with van der Waals surface area (Å²) >= 11 is 0. The van der Waals surface area contributed by atoms with Gasteiger partial charge in [0.15, 0.2) is 11.5 Å². The fourth-order valence-corrected chi connectivity index (χ4v) is 3.09. The second kappa shape index (κ2) is 10.8. The molecule has 2 amide bonds. The van der Waals surface area contributed by atoms with E-state index in [1.807, 2.05) is 30.3 Å². The van der Waals surface area contributed by atoms with Crippen molar-refractivity contribution in [2.45, 2.75) is 13.2 Å². The minimum Gasteiger partial charge on any atom is -0.497 e. The molecule has 0 saturated carbocycles. The third-order valence-electron chi connectivity index (χ3n) is 4.93. The van der Waals surface area contributed by atoms with E-state index in [0.29, 0.717) is 35.1 Å². The molecular formula is C26H23N3O5. The second-order valence-corrected chi connectivity index (χ2v) is 7.34. The van der Waals surface area contributed by atoms with Crippen molar-refractivity contribution in [3.8, 4) is 11.5 Å². The van der Waals surface area contributed by atoms with Crippen LogP contribution >= 0.6 is 0 Å². The molecule has 0 bridgehead atoms. The lowest BCUT2D eigenvalue weighted by molar-refractivity contribution is 0.0940. The SMILES string of the molecule is COc1ccc(C(=O)Nc2ccc(OCc3cc(C(=O)NCc4ccccc4)no3)cc2)cc1. The van der Waals surface area contributed by atoms with Crippen LogP contribution in [-0.2, 0) is 13.2 Å². The highest BCUT2D eigenvalue weighted by Gasteiger charge is 2.13. The number of hydrogen-bond donors (Lipinski definition) is 2.